The Balaban J connectivity index is 1.86. The molecular formula is C17H15FO2S. The van der Waals surface area contributed by atoms with Crippen LogP contribution in [0.15, 0.2) is 47.8 Å². The number of halogens is 1. The third-order valence-electron chi connectivity index (χ3n) is 3.37. The van der Waals surface area contributed by atoms with Crippen LogP contribution in [0.3, 0.4) is 0 Å². The van der Waals surface area contributed by atoms with Gasteiger partial charge < -0.3 is 9.84 Å². The Labute approximate surface area is 126 Å². The molecule has 0 bridgehead atoms. The van der Waals surface area contributed by atoms with E-state index in [-0.39, 0.29) is 5.82 Å². The predicted molar refractivity (Wildman–Crippen MR) is 83.2 cm³/mol. The number of aliphatic hydroxyl groups excluding tert-OH is 1. The van der Waals surface area contributed by atoms with E-state index in [0.29, 0.717) is 17.9 Å². The topological polar surface area (TPSA) is 29.5 Å². The Hall–Kier alpha value is -1.91. The second-order valence-corrected chi connectivity index (χ2v) is 5.82. The van der Waals surface area contributed by atoms with Crippen molar-refractivity contribution in [3.8, 4) is 5.75 Å². The van der Waals surface area contributed by atoms with Crippen molar-refractivity contribution < 1.29 is 14.2 Å². The molecule has 0 saturated carbocycles. The molecule has 0 unspecified atom stereocenters. The van der Waals surface area contributed by atoms with Crippen LogP contribution in [0.2, 0.25) is 0 Å². The summed E-state index contributed by atoms with van der Waals surface area (Å²) in [5, 5.41) is 12.9. The molecule has 0 amide bonds. The summed E-state index contributed by atoms with van der Waals surface area (Å²) in [5.74, 6) is 0.0184. The average Bonchev–Trinajstić information content (AvgIpc) is 2.88. The normalized spacial score (nSPS) is 12.5. The van der Waals surface area contributed by atoms with Crippen LogP contribution in [0.4, 0.5) is 4.39 Å². The fourth-order valence-corrected chi connectivity index (χ4v) is 3.23. The first kappa shape index (κ1) is 14.0. The summed E-state index contributed by atoms with van der Waals surface area (Å²) in [7, 11) is 0. The number of ether oxygens (including phenoxy) is 1. The first-order valence-corrected chi connectivity index (χ1v) is 7.58. The standard InChI is InChI=1S/C17H15FO2S/c1-11(19)14-7-6-13(18)8-16(14)20-9-12-10-21-17-5-3-2-4-15(12)17/h2-8,10-11,19H,9H2,1H3/t11-/m1/s1. The summed E-state index contributed by atoms with van der Waals surface area (Å²) >= 11 is 1.66. The Morgan fingerprint density at radius 1 is 1.24 bits per heavy atom. The van der Waals surface area contributed by atoms with Gasteiger partial charge in [0.25, 0.3) is 0 Å². The summed E-state index contributed by atoms with van der Waals surface area (Å²) in [6.07, 6.45) is -0.695. The highest BCUT2D eigenvalue weighted by molar-refractivity contribution is 7.17. The molecule has 3 rings (SSSR count). The van der Waals surface area contributed by atoms with Gasteiger partial charge in [0.15, 0.2) is 0 Å². The van der Waals surface area contributed by atoms with Gasteiger partial charge in [-0.05, 0) is 35.9 Å². The van der Waals surface area contributed by atoms with E-state index in [2.05, 4.69) is 6.07 Å². The lowest BCUT2D eigenvalue weighted by atomic mass is 10.1. The molecular weight excluding hydrogens is 287 g/mol. The maximum atomic E-state index is 13.4. The van der Waals surface area contributed by atoms with E-state index in [9.17, 15) is 9.50 Å². The highest BCUT2D eigenvalue weighted by Crippen LogP contribution is 2.30. The van der Waals surface area contributed by atoms with Crippen molar-refractivity contribution in [3.63, 3.8) is 0 Å². The second-order valence-electron chi connectivity index (χ2n) is 4.90. The van der Waals surface area contributed by atoms with E-state index in [4.69, 9.17) is 4.74 Å². The number of thiophene rings is 1. The van der Waals surface area contributed by atoms with Gasteiger partial charge in [-0.3, -0.25) is 0 Å². The molecule has 0 aliphatic heterocycles. The molecule has 108 valence electrons. The lowest BCUT2D eigenvalue weighted by molar-refractivity contribution is 0.190. The highest BCUT2D eigenvalue weighted by atomic mass is 32.1. The van der Waals surface area contributed by atoms with Crippen molar-refractivity contribution in [2.24, 2.45) is 0 Å². The maximum Gasteiger partial charge on any atom is 0.128 e. The molecule has 0 spiro atoms. The molecule has 0 aliphatic rings. The average molecular weight is 302 g/mol. The zero-order chi connectivity index (χ0) is 14.8. The zero-order valence-electron chi connectivity index (χ0n) is 11.5. The third-order valence-corrected chi connectivity index (χ3v) is 4.38. The van der Waals surface area contributed by atoms with Crippen LogP contribution >= 0.6 is 11.3 Å². The van der Waals surface area contributed by atoms with Gasteiger partial charge in [-0.15, -0.1) is 11.3 Å². The molecule has 0 saturated heterocycles. The summed E-state index contributed by atoms with van der Waals surface area (Å²) in [4.78, 5) is 0. The summed E-state index contributed by atoms with van der Waals surface area (Å²) in [6.45, 7) is 1.99. The van der Waals surface area contributed by atoms with Crippen LogP contribution in [-0.2, 0) is 6.61 Å². The van der Waals surface area contributed by atoms with Gasteiger partial charge in [-0.1, -0.05) is 18.2 Å². The molecule has 21 heavy (non-hydrogen) atoms. The van der Waals surface area contributed by atoms with Crippen LogP contribution < -0.4 is 4.74 Å². The molecule has 0 fully saturated rings. The van der Waals surface area contributed by atoms with Crippen molar-refractivity contribution in [2.45, 2.75) is 19.6 Å². The van der Waals surface area contributed by atoms with Crippen LogP contribution in [-0.4, -0.2) is 5.11 Å². The number of hydrogen-bond acceptors (Lipinski definition) is 3. The van der Waals surface area contributed by atoms with Crippen molar-refractivity contribution in [1.82, 2.24) is 0 Å². The number of fused-ring (bicyclic) bond motifs is 1. The largest absolute Gasteiger partial charge is 0.488 e. The van der Waals surface area contributed by atoms with Crippen molar-refractivity contribution in [2.75, 3.05) is 0 Å². The van der Waals surface area contributed by atoms with E-state index < -0.39 is 6.10 Å². The summed E-state index contributed by atoms with van der Waals surface area (Å²) < 4.78 is 20.3. The minimum Gasteiger partial charge on any atom is -0.488 e. The molecule has 2 aromatic carbocycles. The molecule has 2 nitrogen and oxygen atoms in total. The number of rotatable bonds is 4. The number of benzene rings is 2. The maximum absolute atomic E-state index is 13.4. The Kier molecular flexibility index (Phi) is 3.90. The van der Waals surface area contributed by atoms with E-state index in [1.165, 1.54) is 16.8 Å². The highest BCUT2D eigenvalue weighted by Gasteiger charge is 2.11. The number of hydrogen-bond donors (Lipinski definition) is 1. The van der Waals surface area contributed by atoms with Crippen molar-refractivity contribution in [1.29, 1.82) is 0 Å². The van der Waals surface area contributed by atoms with Gasteiger partial charge in [0.1, 0.15) is 18.2 Å². The second kappa shape index (κ2) is 5.84. The lowest BCUT2D eigenvalue weighted by Gasteiger charge is -2.13. The van der Waals surface area contributed by atoms with Crippen molar-refractivity contribution >= 4 is 21.4 Å². The molecule has 0 radical (unpaired) electrons. The van der Waals surface area contributed by atoms with E-state index in [1.807, 2.05) is 23.6 Å². The number of aliphatic hydroxyl groups is 1. The van der Waals surface area contributed by atoms with Crippen LogP contribution in [0.5, 0.6) is 5.75 Å². The Morgan fingerprint density at radius 2 is 2.05 bits per heavy atom. The van der Waals surface area contributed by atoms with Crippen LogP contribution in [0.1, 0.15) is 24.2 Å². The van der Waals surface area contributed by atoms with Gasteiger partial charge in [0, 0.05) is 21.9 Å². The van der Waals surface area contributed by atoms with Gasteiger partial charge in [0.05, 0.1) is 6.10 Å². The summed E-state index contributed by atoms with van der Waals surface area (Å²) in [5.41, 5.74) is 1.66. The van der Waals surface area contributed by atoms with Gasteiger partial charge in [-0.2, -0.15) is 0 Å². The monoisotopic (exact) mass is 302 g/mol. The Morgan fingerprint density at radius 3 is 2.86 bits per heavy atom. The first-order chi connectivity index (χ1) is 10.1. The molecule has 1 heterocycles. The first-order valence-electron chi connectivity index (χ1n) is 6.70. The fraction of sp³-hybridized carbons (Fsp3) is 0.176. The minimum absolute atomic E-state index is 0.354. The third kappa shape index (κ3) is 2.91. The lowest BCUT2D eigenvalue weighted by Crippen LogP contribution is -2.01. The molecule has 1 aromatic heterocycles. The smallest absolute Gasteiger partial charge is 0.128 e. The molecule has 1 N–H and O–H groups in total. The zero-order valence-corrected chi connectivity index (χ0v) is 12.4. The molecule has 4 heteroatoms. The quantitative estimate of drug-likeness (QED) is 0.758. The van der Waals surface area contributed by atoms with Gasteiger partial charge >= 0.3 is 0 Å². The fourth-order valence-electron chi connectivity index (χ4n) is 2.28. The van der Waals surface area contributed by atoms with Crippen LogP contribution in [0.25, 0.3) is 10.1 Å². The summed E-state index contributed by atoms with van der Waals surface area (Å²) in [6, 6.07) is 12.3. The van der Waals surface area contributed by atoms with Crippen molar-refractivity contribution in [3.05, 3.63) is 64.8 Å². The van der Waals surface area contributed by atoms with E-state index in [1.54, 1.807) is 24.3 Å². The predicted octanol–water partition coefficient (Wildman–Crippen LogP) is 4.67. The van der Waals surface area contributed by atoms with Gasteiger partial charge in [-0.25, -0.2) is 4.39 Å². The van der Waals surface area contributed by atoms with Gasteiger partial charge in [0.2, 0.25) is 0 Å². The molecule has 0 aliphatic carbocycles. The van der Waals surface area contributed by atoms with E-state index in [0.717, 1.165) is 10.9 Å². The molecule has 3 aromatic rings. The molecule has 1 atom stereocenters. The minimum atomic E-state index is -0.695. The van der Waals surface area contributed by atoms with E-state index >= 15 is 0 Å². The Bertz CT molecular complexity index is 764. The van der Waals surface area contributed by atoms with Crippen LogP contribution in [0, 0.1) is 5.82 Å². The SMILES string of the molecule is C[C@@H](O)c1ccc(F)cc1OCc1csc2ccccc12.